The summed E-state index contributed by atoms with van der Waals surface area (Å²) in [5.41, 5.74) is 5.20. The summed E-state index contributed by atoms with van der Waals surface area (Å²) in [5.74, 6) is 0.221. The number of carbonyl (C=O) groups is 1. The molecular formula is C39H50FN5O3. The van der Waals surface area contributed by atoms with Gasteiger partial charge in [-0.25, -0.2) is 9.18 Å². The van der Waals surface area contributed by atoms with Crippen molar-refractivity contribution in [2.45, 2.75) is 127 Å². The van der Waals surface area contributed by atoms with E-state index < -0.39 is 11.8 Å². The SMILES string of the molecule is CCc1cccc2cccc(N3CCc4c(nc(OC[C@@]56CCCN5C[C@H](F)C6)nc4C4C[C@H]5CC[C@@H](C4)N5C(=O)OC(C)(C)C)C3)c12. The van der Waals surface area contributed by atoms with Gasteiger partial charge in [-0.3, -0.25) is 4.90 Å². The largest absolute Gasteiger partial charge is 0.461 e. The molecule has 1 unspecified atom stereocenters. The van der Waals surface area contributed by atoms with Gasteiger partial charge in [-0.2, -0.15) is 9.97 Å². The first-order valence-electron chi connectivity index (χ1n) is 18.3. The van der Waals surface area contributed by atoms with Gasteiger partial charge < -0.3 is 19.3 Å². The predicted molar refractivity (Wildman–Crippen MR) is 186 cm³/mol. The van der Waals surface area contributed by atoms with Crippen LogP contribution < -0.4 is 9.64 Å². The molecule has 0 saturated carbocycles. The highest BCUT2D eigenvalue weighted by molar-refractivity contribution is 5.97. The number of amides is 1. The normalized spacial score (nSPS) is 28.5. The molecule has 9 heteroatoms. The standard InChI is InChI=1S/C39H50FN5O3/c1-5-25-9-6-10-26-11-7-12-33(34(25)26)43-18-15-31-32(23-43)41-36(47-24-39-16-8-17-44(39)22-28(40)21-39)42-35(31)27-19-29-13-14-30(20-27)45(29)37(46)48-38(2,3)4/h6-7,9-12,27-30H,5,8,13-24H2,1-4H3/t27?,28-,29-,30+,39+/m1/s1. The molecule has 1 aromatic heterocycles. The first-order chi connectivity index (χ1) is 23.1. The Hall–Kier alpha value is -3.46. The molecule has 2 aromatic carbocycles. The van der Waals surface area contributed by atoms with Crippen LogP contribution in [0.1, 0.15) is 101 Å². The maximum absolute atomic E-state index is 14.6. The van der Waals surface area contributed by atoms with Gasteiger partial charge in [-0.1, -0.05) is 37.3 Å². The van der Waals surface area contributed by atoms with Crippen LogP contribution >= 0.6 is 0 Å². The number of rotatable bonds is 6. The van der Waals surface area contributed by atoms with E-state index in [9.17, 15) is 9.18 Å². The van der Waals surface area contributed by atoms with Crippen molar-refractivity contribution < 1.29 is 18.7 Å². The monoisotopic (exact) mass is 655 g/mol. The molecule has 0 N–H and O–H groups in total. The molecule has 0 radical (unpaired) electrons. The van der Waals surface area contributed by atoms with Gasteiger partial charge in [-0.05, 0) is 101 Å². The number of hydrogen-bond acceptors (Lipinski definition) is 7. The summed E-state index contributed by atoms with van der Waals surface area (Å²) in [6.07, 6.45) is 7.11. The van der Waals surface area contributed by atoms with E-state index in [1.165, 1.54) is 27.6 Å². The molecule has 6 heterocycles. The van der Waals surface area contributed by atoms with Crippen molar-refractivity contribution in [2.24, 2.45) is 0 Å². The maximum Gasteiger partial charge on any atom is 0.410 e. The van der Waals surface area contributed by atoms with Gasteiger partial charge in [0.1, 0.15) is 18.4 Å². The lowest BCUT2D eigenvalue weighted by molar-refractivity contribution is 0.00561. The van der Waals surface area contributed by atoms with E-state index in [4.69, 9.17) is 19.4 Å². The number of piperidine rings is 1. The number of anilines is 1. The van der Waals surface area contributed by atoms with E-state index in [0.717, 1.165) is 75.8 Å². The zero-order valence-electron chi connectivity index (χ0n) is 29.0. The van der Waals surface area contributed by atoms with Crippen LogP contribution in [0.5, 0.6) is 6.01 Å². The zero-order chi connectivity index (χ0) is 33.2. The van der Waals surface area contributed by atoms with Gasteiger partial charge in [0.25, 0.3) is 0 Å². The van der Waals surface area contributed by atoms with Crippen LogP contribution in [-0.4, -0.2) is 81.5 Å². The van der Waals surface area contributed by atoms with E-state index in [1.807, 2.05) is 25.7 Å². The van der Waals surface area contributed by atoms with Crippen LogP contribution in [0, 0.1) is 0 Å². The topological polar surface area (TPSA) is 71.0 Å². The van der Waals surface area contributed by atoms with Crippen LogP contribution in [0.4, 0.5) is 14.9 Å². The Morgan fingerprint density at radius 2 is 1.83 bits per heavy atom. The van der Waals surface area contributed by atoms with Crippen LogP contribution in [0.3, 0.4) is 0 Å². The second-order valence-corrected chi connectivity index (χ2v) is 15.9. The minimum atomic E-state index is -0.804. The molecule has 0 aliphatic carbocycles. The minimum Gasteiger partial charge on any atom is -0.461 e. The summed E-state index contributed by atoms with van der Waals surface area (Å²) in [6.45, 7) is 11.4. The zero-order valence-corrected chi connectivity index (χ0v) is 29.0. The van der Waals surface area contributed by atoms with Gasteiger partial charge in [0.2, 0.25) is 0 Å². The molecule has 4 saturated heterocycles. The van der Waals surface area contributed by atoms with Crippen molar-refractivity contribution >= 4 is 22.6 Å². The van der Waals surface area contributed by atoms with E-state index >= 15 is 0 Å². The summed E-state index contributed by atoms with van der Waals surface area (Å²) in [6, 6.07) is 13.9. The molecule has 8 rings (SSSR count). The number of nitrogens with zero attached hydrogens (tertiary/aromatic N) is 5. The molecule has 5 aliphatic heterocycles. The van der Waals surface area contributed by atoms with Crippen molar-refractivity contribution in [1.29, 1.82) is 0 Å². The molecule has 8 nitrogen and oxygen atoms in total. The fraction of sp³-hybridized carbons (Fsp3) is 0.615. The number of carbonyl (C=O) groups excluding carboxylic acids is 1. The minimum absolute atomic E-state index is 0.146. The summed E-state index contributed by atoms with van der Waals surface area (Å²) >= 11 is 0. The number of ether oxygens (including phenoxy) is 2. The van der Waals surface area contributed by atoms with Crippen molar-refractivity contribution in [2.75, 3.05) is 31.1 Å². The van der Waals surface area contributed by atoms with Gasteiger partial charge in [-0.15, -0.1) is 0 Å². The first kappa shape index (κ1) is 31.8. The Morgan fingerprint density at radius 3 is 2.58 bits per heavy atom. The highest BCUT2D eigenvalue weighted by Crippen LogP contribution is 2.46. The third kappa shape index (κ3) is 5.69. The Kier molecular flexibility index (Phi) is 8.04. The van der Waals surface area contributed by atoms with E-state index in [1.54, 1.807) is 0 Å². The number of aryl methyl sites for hydroxylation is 1. The summed E-state index contributed by atoms with van der Waals surface area (Å²) in [5, 5.41) is 2.59. The smallest absolute Gasteiger partial charge is 0.410 e. The molecule has 0 spiro atoms. The van der Waals surface area contributed by atoms with Gasteiger partial charge in [0.15, 0.2) is 0 Å². The van der Waals surface area contributed by atoms with Crippen LogP contribution in [-0.2, 0) is 24.1 Å². The second-order valence-electron chi connectivity index (χ2n) is 15.9. The van der Waals surface area contributed by atoms with Crippen LogP contribution in [0.15, 0.2) is 36.4 Å². The second kappa shape index (κ2) is 12.1. The summed E-state index contributed by atoms with van der Waals surface area (Å²) in [4.78, 5) is 30.4. The number of fused-ring (bicyclic) bond motifs is 5. The van der Waals surface area contributed by atoms with Crippen molar-refractivity contribution in [3.05, 3.63) is 58.9 Å². The number of halogens is 1. The van der Waals surface area contributed by atoms with E-state index in [-0.39, 0.29) is 29.6 Å². The highest BCUT2D eigenvalue weighted by Gasteiger charge is 2.50. The first-order valence-corrected chi connectivity index (χ1v) is 18.3. The van der Waals surface area contributed by atoms with Crippen LogP contribution in [0.25, 0.3) is 10.8 Å². The molecule has 5 atom stereocenters. The van der Waals surface area contributed by atoms with Crippen molar-refractivity contribution in [1.82, 2.24) is 19.8 Å². The molecule has 256 valence electrons. The van der Waals surface area contributed by atoms with E-state index in [0.29, 0.717) is 32.1 Å². The third-order valence-electron chi connectivity index (χ3n) is 11.7. The fourth-order valence-electron chi connectivity index (χ4n) is 9.66. The Balaban J connectivity index is 1.12. The quantitative estimate of drug-likeness (QED) is 0.275. The summed E-state index contributed by atoms with van der Waals surface area (Å²) in [7, 11) is 0. The Labute approximate surface area is 284 Å². The Bertz CT molecular complexity index is 1690. The predicted octanol–water partition coefficient (Wildman–Crippen LogP) is 7.36. The van der Waals surface area contributed by atoms with Crippen molar-refractivity contribution in [3.8, 4) is 6.01 Å². The lowest BCUT2D eigenvalue weighted by atomic mass is 9.84. The maximum atomic E-state index is 14.6. The highest BCUT2D eigenvalue weighted by atomic mass is 19.1. The average Bonchev–Trinajstić information content (AvgIpc) is 3.68. The molecule has 3 aromatic rings. The Morgan fingerprint density at radius 1 is 1.06 bits per heavy atom. The molecule has 5 aliphatic rings. The number of benzene rings is 2. The molecular weight excluding hydrogens is 605 g/mol. The average molecular weight is 656 g/mol. The fourth-order valence-corrected chi connectivity index (χ4v) is 9.66. The van der Waals surface area contributed by atoms with Crippen molar-refractivity contribution in [3.63, 3.8) is 0 Å². The number of aromatic nitrogens is 2. The number of alkyl halides is 1. The van der Waals surface area contributed by atoms with Gasteiger partial charge in [0.05, 0.1) is 23.5 Å². The van der Waals surface area contributed by atoms with Crippen LogP contribution in [0.2, 0.25) is 0 Å². The van der Waals surface area contributed by atoms with E-state index in [2.05, 4.69) is 53.1 Å². The lowest BCUT2D eigenvalue weighted by Gasteiger charge is -2.40. The lowest BCUT2D eigenvalue weighted by Crippen LogP contribution is -2.48. The molecule has 1 amide bonds. The third-order valence-corrected chi connectivity index (χ3v) is 11.7. The van der Waals surface area contributed by atoms with Gasteiger partial charge in [0, 0.05) is 48.6 Å². The molecule has 2 bridgehead atoms. The molecule has 48 heavy (non-hydrogen) atoms. The number of hydrogen-bond donors (Lipinski definition) is 0. The molecule has 4 fully saturated rings. The van der Waals surface area contributed by atoms with Gasteiger partial charge >= 0.3 is 12.1 Å². The summed E-state index contributed by atoms with van der Waals surface area (Å²) < 4.78 is 27.0.